The van der Waals surface area contributed by atoms with Gasteiger partial charge in [0.15, 0.2) is 0 Å². The molecule has 1 aromatic heterocycles. The summed E-state index contributed by atoms with van der Waals surface area (Å²) in [5, 5.41) is 13.4. The lowest BCUT2D eigenvalue weighted by Crippen LogP contribution is -2.34. The molecule has 1 aromatic carbocycles. The monoisotopic (exact) mass is 300 g/mol. The standard InChI is InChI=1S/C17H20N2O3/c20-15(11-22-10-12-3-4-12)9-19-17(21)14-5-6-16-13(8-14)2-1-7-18-16/h1-2,5-8,12,15,20H,3-4,9-11H2,(H,19,21). The topological polar surface area (TPSA) is 71.5 Å². The molecule has 0 aliphatic heterocycles. The number of ether oxygens (including phenoxy) is 1. The minimum Gasteiger partial charge on any atom is -0.389 e. The lowest BCUT2D eigenvalue weighted by Gasteiger charge is -2.12. The number of aromatic nitrogens is 1. The van der Waals surface area contributed by atoms with Crippen LogP contribution in [0, 0.1) is 5.92 Å². The molecule has 3 rings (SSSR count). The summed E-state index contributed by atoms with van der Waals surface area (Å²) in [6.45, 7) is 1.16. The normalized spacial score (nSPS) is 15.7. The van der Waals surface area contributed by atoms with Crippen LogP contribution in [-0.4, -0.2) is 41.9 Å². The van der Waals surface area contributed by atoms with Crippen molar-refractivity contribution in [3.05, 3.63) is 42.1 Å². The molecule has 0 spiro atoms. The number of aliphatic hydroxyl groups excluding tert-OH is 1. The molecule has 0 radical (unpaired) electrons. The average Bonchev–Trinajstić information content (AvgIpc) is 3.36. The van der Waals surface area contributed by atoms with Crippen molar-refractivity contribution in [3.8, 4) is 0 Å². The molecule has 1 aliphatic carbocycles. The first-order valence-corrected chi connectivity index (χ1v) is 7.61. The van der Waals surface area contributed by atoms with Gasteiger partial charge in [0, 0.05) is 30.3 Å². The number of fused-ring (bicyclic) bond motifs is 1. The zero-order chi connectivity index (χ0) is 15.4. The quantitative estimate of drug-likeness (QED) is 0.817. The zero-order valence-corrected chi connectivity index (χ0v) is 12.4. The molecule has 0 bridgehead atoms. The minimum absolute atomic E-state index is 0.189. The van der Waals surface area contributed by atoms with Crippen LogP contribution < -0.4 is 5.32 Å². The average molecular weight is 300 g/mol. The van der Waals surface area contributed by atoms with E-state index in [0.29, 0.717) is 18.1 Å². The first-order chi connectivity index (χ1) is 10.7. The van der Waals surface area contributed by atoms with Gasteiger partial charge in [-0.1, -0.05) is 6.07 Å². The first-order valence-electron chi connectivity index (χ1n) is 7.61. The fraction of sp³-hybridized carbons (Fsp3) is 0.412. The van der Waals surface area contributed by atoms with Crippen molar-refractivity contribution < 1.29 is 14.6 Å². The molecule has 2 N–H and O–H groups in total. The summed E-state index contributed by atoms with van der Waals surface area (Å²) >= 11 is 0. The Hall–Kier alpha value is -1.98. The SMILES string of the molecule is O=C(NCC(O)COCC1CC1)c1ccc2ncccc2c1. The van der Waals surface area contributed by atoms with Gasteiger partial charge in [0.25, 0.3) is 5.91 Å². The van der Waals surface area contributed by atoms with E-state index in [1.165, 1.54) is 12.8 Å². The second-order valence-electron chi connectivity index (χ2n) is 5.76. The summed E-state index contributed by atoms with van der Waals surface area (Å²) in [5.41, 5.74) is 1.42. The number of amides is 1. The van der Waals surface area contributed by atoms with Crippen molar-refractivity contribution in [2.45, 2.75) is 18.9 Å². The summed E-state index contributed by atoms with van der Waals surface area (Å²) in [7, 11) is 0. The molecule has 1 amide bonds. The minimum atomic E-state index is -0.676. The summed E-state index contributed by atoms with van der Waals surface area (Å²) in [6, 6.07) is 9.11. The Morgan fingerprint density at radius 3 is 3.09 bits per heavy atom. The highest BCUT2D eigenvalue weighted by Gasteiger charge is 2.21. The number of pyridine rings is 1. The van der Waals surface area contributed by atoms with Gasteiger partial charge >= 0.3 is 0 Å². The van der Waals surface area contributed by atoms with Crippen LogP contribution in [0.2, 0.25) is 0 Å². The van der Waals surface area contributed by atoms with Crippen molar-refractivity contribution in [2.24, 2.45) is 5.92 Å². The Labute approximate surface area is 129 Å². The third-order valence-electron chi connectivity index (χ3n) is 3.72. The third kappa shape index (κ3) is 4.02. The second kappa shape index (κ2) is 6.85. The van der Waals surface area contributed by atoms with Gasteiger partial charge in [0.2, 0.25) is 0 Å². The van der Waals surface area contributed by atoms with E-state index in [4.69, 9.17) is 4.74 Å². The van der Waals surface area contributed by atoms with Crippen LogP contribution in [0.3, 0.4) is 0 Å². The highest BCUT2D eigenvalue weighted by Crippen LogP contribution is 2.28. The molecule has 1 saturated carbocycles. The number of aliphatic hydroxyl groups is 1. The number of hydrogen-bond acceptors (Lipinski definition) is 4. The highest BCUT2D eigenvalue weighted by atomic mass is 16.5. The van der Waals surface area contributed by atoms with E-state index in [1.807, 2.05) is 18.2 Å². The number of rotatable bonds is 7. The fourth-order valence-electron chi connectivity index (χ4n) is 2.24. The van der Waals surface area contributed by atoms with Gasteiger partial charge in [-0.05, 0) is 43.0 Å². The summed E-state index contributed by atoms with van der Waals surface area (Å²) < 4.78 is 5.41. The van der Waals surface area contributed by atoms with Crippen LogP contribution in [0.15, 0.2) is 36.5 Å². The van der Waals surface area contributed by atoms with Crippen LogP contribution in [0.25, 0.3) is 10.9 Å². The van der Waals surface area contributed by atoms with E-state index in [0.717, 1.165) is 10.9 Å². The molecule has 1 aliphatic rings. The molecule has 1 atom stereocenters. The highest BCUT2D eigenvalue weighted by molar-refractivity contribution is 5.97. The molecule has 22 heavy (non-hydrogen) atoms. The predicted molar refractivity (Wildman–Crippen MR) is 83.6 cm³/mol. The van der Waals surface area contributed by atoms with E-state index in [9.17, 15) is 9.90 Å². The third-order valence-corrected chi connectivity index (χ3v) is 3.72. The lowest BCUT2D eigenvalue weighted by molar-refractivity contribution is 0.0321. The molecule has 0 saturated heterocycles. The molecule has 1 unspecified atom stereocenters. The maximum atomic E-state index is 12.1. The van der Waals surface area contributed by atoms with Crippen molar-refractivity contribution >= 4 is 16.8 Å². The van der Waals surface area contributed by atoms with Crippen molar-refractivity contribution in [2.75, 3.05) is 19.8 Å². The van der Waals surface area contributed by atoms with Gasteiger partial charge in [0.1, 0.15) is 0 Å². The van der Waals surface area contributed by atoms with E-state index in [1.54, 1.807) is 18.3 Å². The van der Waals surface area contributed by atoms with Crippen molar-refractivity contribution in [1.29, 1.82) is 0 Å². The van der Waals surface area contributed by atoms with E-state index in [-0.39, 0.29) is 19.1 Å². The first kappa shape index (κ1) is 14.9. The Kier molecular flexibility index (Phi) is 4.65. The van der Waals surface area contributed by atoms with Crippen molar-refractivity contribution in [1.82, 2.24) is 10.3 Å². The molecule has 5 heteroatoms. The summed E-state index contributed by atoms with van der Waals surface area (Å²) in [5.74, 6) is 0.472. The molecule has 1 fully saturated rings. The number of hydrogen-bond donors (Lipinski definition) is 2. The number of benzene rings is 1. The maximum Gasteiger partial charge on any atom is 0.251 e. The smallest absolute Gasteiger partial charge is 0.251 e. The second-order valence-corrected chi connectivity index (χ2v) is 5.76. The van der Waals surface area contributed by atoms with E-state index < -0.39 is 6.10 Å². The number of nitrogens with one attached hydrogen (secondary N) is 1. The van der Waals surface area contributed by atoms with E-state index in [2.05, 4.69) is 10.3 Å². The van der Waals surface area contributed by atoms with Crippen molar-refractivity contribution in [3.63, 3.8) is 0 Å². The van der Waals surface area contributed by atoms with Gasteiger partial charge in [-0.15, -0.1) is 0 Å². The van der Waals surface area contributed by atoms with Gasteiger partial charge in [-0.25, -0.2) is 0 Å². The number of nitrogens with zero attached hydrogens (tertiary/aromatic N) is 1. The van der Waals surface area contributed by atoms with Crippen LogP contribution in [0.4, 0.5) is 0 Å². The number of carbonyl (C=O) groups excluding carboxylic acids is 1. The van der Waals surface area contributed by atoms with Gasteiger partial charge in [0.05, 0.1) is 18.2 Å². The Balaban J connectivity index is 1.49. The summed E-state index contributed by atoms with van der Waals surface area (Å²) in [6.07, 6.45) is 3.50. The fourth-order valence-corrected chi connectivity index (χ4v) is 2.24. The lowest BCUT2D eigenvalue weighted by atomic mass is 10.1. The van der Waals surface area contributed by atoms with E-state index >= 15 is 0 Å². The Morgan fingerprint density at radius 2 is 2.27 bits per heavy atom. The maximum absolute atomic E-state index is 12.1. The molecular formula is C17H20N2O3. The van der Waals surface area contributed by atoms with Crippen LogP contribution in [0.5, 0.6) is 0 Å². The van der Waals surface area contributed by atoms with Gasteiger partial charge in [-0.3, -0.25) is 9.78 Å². The Bertz CT molecular complexity index is 655. The van der Waals surface area contributed by atoms with Gasteiger partial charge in [-0.2, -0.15) is 0 Å². The molecule has 1 heterocycles. The Morgan fingerprint density at radius 1 is 1.41 bits per heavy atom. The molecule has 2 aromatic rings. The summed E-state index contributed by atoms with van der Waals surface area (Å²) in [4.78, 5) is 16.3. The molecule has 5 nitrogen and oxygen atoms in total. The zero-order valence-electron chi connectivity index (χ0n) is 12.4. The predicted octanol–water partition coefficient (Wildman–Crippen LogP) is 1.75. The largest absolute Gasteiger partial charge is 0.389 e. The molecule has 116 valence electrons. The van der Waals surface area contributed by atoms with Crippen LogP contribution in [0.1, 0.15) is 23.2 Å². The molecular weight excluding hydrogens is 280 g/mol. The van der Waals surface area contributed by atoms with Crippen LogP contribution in [-0.2, 0) is 4.74 Å². The van der Waals surface area contributed by atoms with Gasteiger partial charge < -0.3 is 15.2 Å². The van der Waals surface area contributed by atoms with Crippen LogP contribution >= 0.6 is 0 Å². The number of carbonyl (C=O) groups is 1.